The second-order valence-corrected chi connectivity index (χ2v) is 8.87. The van der Waals surface area contributed by atoms with Crippen LogP contribution in [0.2, 0.25) is 0 Å². The summed E-state index contributed by atoms with van der Waals surface area (Å²) in [5, 5.41) is 3.64. The van der Waals surface area contributed by atoms with Crippen molar-refractivity contribution in [1.29, 1.82) is 0 Å². The first-order valence-electron chi connectivity index (χ1n) is 11.3. The van der Waals surface area contributed by atoms with E-state index in [0.29, 0.717) is 18.2 Å². The Hall–Kier alpha value is -3.44. The molecule has 4 nitrogen and oxygen atoms in total. The number of anilines is 1. The maximum atomic E-state index is 12.6. The zero-order valence-electron chi connectivity index (χ0n) is 19.0. The van der Waals surface area contributed by atoms with Gasteiger partial charge in [-0.25, -0.2) is 4.98 Å². The molecule has 0 saturated carbocycles. The first-order valence-corrected chi connectivity index (χ1v) is 12.1. The Balaban J connectivity index is 1.48. The third-order valence-electron chi connectivity index (χ3n) is 5.29. The van der Waals surface area contributed by atoms with Gasteiger partial charge in [0.2, 0.25) is 5.91 Å². The van der Waals surface area contributed by atoms with Gasteiger partial charge in [-0.2, -0.15) is 0 Å². The normalized spacial score (nSPS) is 10.7. The summed E-state index contributed by atoms with van der Waals surface area (Å²) in [6.45, 7) is 4.74. The Morgan fingerprint density at radius 3 is 2.21 bits per heavy atom. The smallest absolute Gasteiger partial charge is 0.230 e. The van der Waals surface area contributed by atoms with Crippen molar-refractivity contribution in [3.05, 3.63) is 89.3 Å². The molecule has 0 atom stereocenters. The summed E-state index contributed by atoms with van der Waals surface area (Å²) >= 11 is 1.56. The van der Waals surface area contributed by atoms with Crippen LogP contribution in [0.4, 0.5) is 5.13 Å². The number of ether oxygens (including phenoxy) is 1. The molecule has 0 aliphatic carbocycles. The van der Waals surface area contributed by atoms with Crippen LogP contribution >= 0.6 is 11.3 Å². The number of carbonyl (C=O) groups is 1. The molecule has 1 N–H and O–H groups in total. The molecule has 5 heteroatoms. The molecule has 33 heavy (non-hydrogen) atoms. The molecule has 3 aromatic carbocycles. The molecule has 4 aromatic rings. The van der Waals surface area contributed by atoms with E-state index in [-0.39, 0.29) is 5.91 Å². The van der Waals surface area contributed by atoms with Crippen molar-refractivity contribution in [2.45, 2.75) is 33.1 Å². The number of hydrogen-bond acceptors (Lipinski definition) is 4. The van der Waals surface area contributed by atoms with Crippen molar-refractivity contribution >= 4 is 22.4 Å². The highest BCUT2D eigenvalue weighted by Gasteiger charge is 2.15. The lowest BCUT2D eigenvalue weighted by Crippen LogP contribution is -2.14. The van der Waals surface area contributed by atoms with Crippen LogP contribution in [0, 0.1) is 0 Å². The molecule has 1 aromatic heterocycles. The van der Waals surface area contributed by atoms with Gasteiger partial charge in [0.25, 0.3) is 0 Å². The maximum absolute atomic E-state index is 12.6. The lowest BCUT2D eigenvalue weighted by Gasteiger charge is -2.05. The summed E-state index contributed by atoms with van der Waals surface area (Å²) in [7, 11) is 0. The Morgan fingerprint density at radius 1 is 0.879 bits per heavy atom. The molecule has 0 aliphatic heterocycles. The highest BCUT2D eigenvalue weighted by atomic mass is 32.1. The van der Waals surface area contributed by atoms with Crippen LogP contribution in [-0.4, -0.2) is 17.5 Å². The quantitative estimate of drug-likeness (QED) is 0.295. The molecule has 1 amide bonds. The fourth-order valence-corrected chi connectivity index (χ4v) is 4.80. The van der Waals surface area contributed by atoms with E-state index in [1.165, 1.54) is 16.0 Å². The Bertz CT molecular complexity index is 1180. The van der Waals surface area contributed by atoms with E-state index in [2.05, 4.69) is 48.6 Å². The summed E-state index contributed by atoms with van der Waals surface area (Å²) in [5.41, 5.74) is 5.34. The van der Waals surface area contributed by atoms with Gasteiger partial charge >= 0.3 is 0 Å². The fourth-order valence-electron chi connectivity index (χ4n) is 3.70. The highest BCUT2D eigenvalue weighted by molar-refractivity contribution is 7.16. The van der Waals surface area contributed by atoms with Crippen LogP contribution in [-0.2, 0) is 17.6 Å². The predicted molar refractivity (Wildman–Crippen MR) is 137 cm³/mol. The number of thiazole rings is 1. The van der Waals surface area contributed by atoms with Gasteiger partial charge in [0.1, 0.15) is 5.75 Å². The summed E-state index contributed by atoms with van der Waals surface area (Å²) in [6, 6.07) is 26.5. The maximum Gasteiger partial charge on any atom is 0.230 e. The van der Waals surface area contributed by atoms with Crippen molar-refractivity contribution in [3.8, 4) is 28.1 Å². The van der Waals surface area contributed by atoms with Crippen molar-refractivity contribution in [3.63, 3.8) is 0 Å². The SMILES string of the molecule is CCCc1sc(NC(=O)Cc2ccc(OCC)cc2)nc1-c1ccc(-c2ccccc2)cc1. The second kappa shape index (κ2) is 10.9. The minimum atomic E-state index is -0.0677. The standard InChI is InChI=1S/C28H28N2O2S/c1-3-8-25-27(23-15-13-22(14-16-23)21-9-6-5-7-10-21)30-28(33-25)29-26(31)19-20-11-17-24(18-12-20)32-4-2/h5-7,9-18H,3-4,8,19H2,1-2H3,(H,29,30,31). The van der Waals surface area contributed by atoms with Crippen molar-refractivity contribution in [2.24, 2.45) is 0 Å². The van der Waals surface area contributed by atoms with Gasteiger partial charge in [-0.15, -0.1) is 11.3 Å². The third kappa shape index (κ3) is 5.88. The number of hydrogen-bond donors (Lipinski definition) is 1. The van der Waals surface area contributed by atoms with Crippen LogP contribution in [0.5, 0.6) is 5.75 Å². The van der Waals surface area contributed by atoms with Gasteiger partial charge < -0.3 is 10.1 Å². The van der Waals surface area contributed by atoms with E-state index in [1.807, 2.05) is 49.4 Å². The zero-order chi connectivity index (χ0) is 23.0. The van der Waals surface area contributed by atoms with E-state index >= 15 is 0 Å². The molecule has 1 heterocycles. The molecule has 0 aliphatic rings. The number of rotatable bonds is 9. The average molecular weight is 457 g/mol. The van der Waals surface area contributed by atoms with Crippen LogP contribution in [0.25, 0.3) is 22.4 Å². The summed E-state index contributed by atoms with van der Waals surface area (Å²) in [4.78, 5) is 18.6. The molecular weight excluding hydrogens is 428 g/mol. The van der Waals surface area contributed by atoms with Crippen LogP contribution in [0.1, 0.15) is 30.7 Å². The molecule has 0 radical (unpaired) electrons. The number of nitrogens with one attached hydrogen (secondary N) is 1. The minimum absolute atomic E-state index is 0.0677. The number of benzene rings is 3. The fraction of sp³-hybridized carbons (Fsp3) is 0.214. The molecule has 168 valence electrons. The largest absolute Gasteiger partial charge is 0.494 e. The summed E-state index contributed by atoms with van der Waals surface area (Å²) < 4.78 is 5.47. The van der Waals surface area contributed by atoms with Crippen molar-refractivity contribution < 1.29 is 9.53 Å². The first kappa shape index (κ1) is 22.7. The first-order chi connectivity index (χ1) is 16.2. The number of nitrogens with zero attached hydrogens (tertiary/aromatic N) is 1. The minimum Gasteiger partial charge on any atom is -0.494 e. The number of amides is 1. The summed E-state index contributed by atoms with van der Waals surface area (Å²) in [5.74, 6) is 0.746. The second-order valence-electron chi connectivity index (χ2n) is 7.79. The van der Waals surface area contributed by atoms with E-state index in [0.717, 1.165) is 35.4 Å². The topological polar surface area (TPSA) is 51.2 Å². The van der Waals surface area contributed by atoms with Crippen molar-refractivity contribution in [2.75, 3.05) is 11.9 Å². The molecule has 4 rings (SSSR count). The molecule has 0 fully saturated rings. The number of aryl methyl sites for hydroxylation is 1. The third-order valence-corrected chi connectivity index (χ3v) is 6.32. The van der Waals surface area contributed by atoms with Gasteiger partial charge in [0, 0.05) is 10.4 Å². The van der Waals surface area contributed by atoms with Gasteiger partial charge in [0.05, 0.1) is 18.7 Å². The molecular formula is C28H28N2O2S. The monoisotopic (exact) mass is 456 g/mol. The van der Waals surface area contributed by atoms with E-state index in [4.69, 9.17) is 9.72 Å². The number of aromatic nitrogens is 1. The highest BCUT2D eigenvalue weighted by Crippen LogP contribution is 2.33. The molecule has 0 spiro atoms. The molecule has 0 unspecified atom stereocenters. The van der Waals surface area contributed by atoms with Crippen LogP contribution in [0.15, 0.2) is 78.9 Å². The van der Waals surface area contributed by atoms with Crippen LogP contribution in [0.3, 0.4) is 0 Å². The average Bonchev–Trinajstić information content (AvgIpc) is 3.23. The molecule has 0 bridgehead atoms. The Kier molecular flexibility index (Phi) is 7.53. The van der Waals surface area contributed by atoms with Gasteiger partial charge in [-0.05, 0) is 42.2 Å². The Labute approximate surface area is 199 Å². The lowest BCUT2D eigenvalue weighted by atomic mass is 10.0. The molecule has 0 saturated heterocycles. The van der Waals surface area contributed by atoms with Gasteiger partial charge in [-0.1, -0.05) is 80.1 Å². The van der Waals surface area contributed by atoms with Crippen molar-refractivity contribution in [1.82, 2.24) is 4.98 Å². The van der Waals surface area contributed by atoms with E-state index < -0.39 is 0 Å². The zero-order valence-corrected chi connectivity index (χ0v) is 19.8. The van der Waals surface area contributed by atoms with Gasteiger partial charge in [-0.3, -0.25) is 4.79 Å². The van der Waals surface area contributed by atoms with E-state index in [9.17, 15) is 4.79 Å². The summed E-state index contributed by atoms with van der Waals surface area (Å²) in [6.07, 6.45) is 2.26. The lowest BCUT2D eigenvalue weighted by molar-refractivity contribution is -0.115. The predicted octanol–water partition coefficient (Wildman–Crippen LogP) is 7.01. The van der Waals surface area contributed by atoms with Crippen LogP contribution < -0.4 is 10.1 Å². The number of carbonyl (C=O) groups excluding carboxylic acids is 1. The van der Waals surface area contributed by atoms with E-state index in [1.54, 1.807) is 11.3 Å². The van der Waals surface area contributed by atoms with Gasteiger partial charge in [0.15, 0.2) is 5.13 Å². The Morgan fingerprint density at radius 2 is 1.55 bits per heavy atom.